The lowest BCUT2D eigenvalue weighted by Gasteiger charge is -2.28. The fourth-order valence-electron chi connectivity index (χ4n) is 3.14. The predicted octanol–water partition coefficient (Wildman–Crippen LogP) is 3.06. The van der Waals surface area contributed by atoms with Gasteiger partial charge in [-0.1, -0.05) is 12.1 Å². The predicted molar refractivity (Wildman–Crippen MR) is 106 cm³/mol. The van der Waals surface area contributed by atoms with Crippen LogP contribution in [0.15, 0.2) is 52.9 Å². The van der Waals surface area contributed by atoms with E-state index in [9.17, 15) is 4.79 Å². The summed E-state index contributed by atoms with van der Waals surface area (Å²) in [5, 5.41) is 10.8. The minimum absolute atomic E-state index is 0.131. The molecule has 1 fully saturated rings. The van der Waals surface area contributed by atoms with Gasteiger partial charge >= 0.3 is 0 Å². The number of benzene rings is 2. The van der Waals surface area contributed by atoms with Crippen molar-refractivity contribution in [2.24, 2.45) is 0 Å². The smallest absolute Gasteiger partial charge is 0.255 e. The second-order valence-electron chi connectivity index (χ2n) is 6.69. The van der Waals surface area contributed by atoms with Crippen LogP contribution in [-0.2, 0) is 11.2 Å². The summed E-state index contributed by atoms with van der Waals surface area (Å²) in [4.78, 5) is 14.8. The van der Waals surface area contributed by atoms with Gasteiger partial charge in [0.2, 0.25) is 11.8 Å². The Morgan fingerprint density at radius 3 is 2.39 bits per heavy atom. The molecule has 4 rings (SSSR count). The molecule has 1 aromatic heterocycles. The van der Waals surface area contributed by atoms with Gasteiger partial charge in [-0.15, -0.1) is 10.2 Å². The lowest BCUT2D eigenvalue weighted by molar-refractivity contribution is 0.102. The molecule has 0 atom stereocenters. The molecule has 0 unspecified atom stereocenters. The molecule has 28 heavy (non-hydrogen) atoms. The molecule has 0 saturated carbocycles. The molecule has 0 aliphatic carbocycles. The van der Waals surface area contributed by atoms with Crippen molar-refractivity contribution in [1.29, 1.82) is 0 Å². The maximum atomic E-state index is 12.5. The minimum atomic E-state index is -0.131. The number of carbonyl (C=O) groups is 1. The van der Waals surface area contributed by atoms with E-state index in [1.165, 1.54) is 0 Å². The summed E-state index contributed by atoms with van der Waals surface area (Å²) in [6.45, 7) is 5.00. The summed E-state index contributed by atoms with van der Waals surface area (Å²) < 4.78 is 10.8. The molecule has 1 amide bonds. The van der Waals surface area contributed by atoms with Crippen LogP contribution in [0.3, 0.4) is 0 Å². The maximum absolute atomic E-state index is 12.5. The summed E-state index contributed by atoms with van der Waals surface area (Å²) in [5.74, 6) is 1.00. The van der Waals surface area contributed by atoms with Gasteiger partial charge < -0.3 is 19.4 Å². The highest BCUT2D eigenvalue weighted by Gasteiger charge is 2.12. The van der Waals surface area contributed by atoms with Gasteiger partial charge in [-0.25, -0.2) is 0 Å². The molecule has 0 spiro atoms. The van der Waals surface area contributed by atoms with Gasteiger partial charge in [0, 0.05) is 37.0 Å². The van der Waals surface area contributed by atoms with E-state index in [2.05, 4.69) is 20.4 Å². The Hall–Kier alpha value is -3.19. The Kier molecular flexibility index (Phi) is 5.34. The van der Waals surface area contributed by atoms with Crippen LogP contribution in [0.2, 0.25) is 0 Å². The van der Waals surface area contributed by atoms with E-state index in [1.54, 1.807) is 6.92 Å². The number of morpholine rings is 1. The Bertz CT molecular complexity index is 929. The third-order valence-electron chi connectivity index (χ3n) is 4.64. The SMILES string of the molecule is Cc1nnc(Cc2ccc(NC(=O)c3ccc(N4CCOCC4)cc3)cc2)o1. The minimum Gasteiger partial charge on any atom is -0.425 e. The van der Waals surface area contributed by atoms with Crippen LogP contribution >= 0.6 is 0 Å². The number of rotatable bonds is 5. The number of ether oxygens (including phenoxy) is 1. The molecule has 0 bridgehead atoms. The summed E-state index contributed by atoms with van der Waals surface area (Å²) in [6, 6.07) is 15.3. The molecule has 2 heterocycles. The molecule has 1 N–H and O–H groups in total. The van der Waals surface area contributed by atoms with Crippen molar-refractivity contribution >= 4 is 17.3 Å². The molecule has 1 aliphatic heterocycles. The van der Waals surface area contributed by atoms with Crippen LogP contribution in [-0.4, -0.2) is 42.4 Å². The summed E-state index contributed by atoms with van der Waals surface area (Å²) >= 11 is 0. The zero-order valence-corrected chi connectivity index (χ0v) is 15.7. The lowest BCUT2D eigenvalue weighted by atomic mass is 10.1. The number of anilines is 2. The number of carbonyl (C=O) groups excluding carboxylic acids is 1. The first-order valence-electron chi connectivity index (χ1n) is 9.29. The highest BCUT2D eigenvalue weighted by Crippen LogP contribution is 2.18. The molecular weight excluding hydrogens is 356 g/mol. The van der Waals surface area contributed by atoms with Gasteiger partial charge in [0.15, 0.2) is 0 Å². The summed E-state index contributed by atoms with van der Waals surface area (Å²) in [5.41, 5.74) is 3.52. The van der Waals surface area contributed by atoms with E-state index in [1.807, 2.05) is 48.5 Å². The van der Waals surface area contributed by atoms with Crippen LogP contribution in [0, 0.1) is 6.92 Å². The Morgan fingerprint density at radius 2 is 1.75 bits per heavy atom. The number of aromatic nitrogens is 2. The molecule has 1 saturated heterocycles. The van der Waals surface area contributed by atoms with Gasteiger partial charge in [-0.3, -0.25) is 4.79 Å². The number of aryl methyl sites for hydroxylation is 1. The monoisotopic (exact) mass is 378 g/mol. The first kappa shape index (κ1) is 18.2. The first-order chi connectivity index (χ1) is 13.7. The second kappa shape index (κ2) is 8.22. The van der Waals surface area contributed by atoms with E-state index in [-0.39, 0.29) is 5.91 Å². The van der Waals surface area contributed by atoms with Crippen molar-refractivity contribution in [3.8, 4) is 0 Å². The molecule has 3 aromatic rings. The van der Waals surface area contributed by atoms with E-state index in [4.69, 9.17) is 9.15 Å². The van der Waals surface area contributed by atoms with Gasteiger partial charge in [-0.2, -0.15) is 0 Å². The van der Waals surface area contributed by atoms with Gasteiger partial charge in [0.25, 0.3) is 5.91 Å². The zero-order valence-electron chi connectivity index (χ0n) is 15.7. The van der Waals surface area contributed by atoms with E-state index in [0.29, 0.717) is 23.8 Å². The number of nitrogens with zero attached hydrogens (tertiary/aromatic N) is 3. The Morgan fingerprint density at radius 1 is 1.04 bits per heavy atom. The maximum Gasteiger partial charge on any atom is 0.255 e. The standard InChI is InChI=1S/C21H22N4O3/c1-15-23-24-20(28-15)14-16-2-6-18(7-3-16)22-21(26)17-4-8-19(9-5-17)25-10-12-27-13-11-25/h2-9H,10-14H2,1H3,(H,22,26). The average Bonchev–Trinajstić information content (AvgIpc) is 3.15. The van der Waals surface area contributed by atoms with Gasteiger partial charge in [0.1, 0.15) is 0 Å². The molecule has 144 valence electrons. The van der Waals surface area contributed by atoms with Crippen LogP contribution in [0.5, 0.6) is 0 Å². The van der Waals surface area contributed by atoms with Crippen LogP contribution in [0.4, 0.5) is 11.4 Å². The largest absolute Gasteiger partial charge is 0.425 e. The Labute approximate surface area is 163 Å². The van der Waals surface area contributed by atoms with Gasteiger partial charge in [0.05, 0.1) is 19.6 Å². The zero-order chi connectivity index (χ0) is 19.3. The fraction of sp³-hybridized carbons (Fsp3) is 0.286. The molecule has 2 aromatic carbocycles. The topological polar surface area (TPSA) is 80.5 Å². The Balaban J connectivity index is 1.36. The quantitative estimate of drug-likeness (QED) is 0.735. The molecule has 7 nitrogen and oxygen atoms in total. The lowest BCUT2D eigenvalue weighted by Crippen LogP contribution is -2.36. The third-order valence-corrected chi connectivity index (χ3v) is 4.64. The highest BCUT2D eigenvalue weighted by molar-refractivity contribution is 6.04. The fourth-order valence-corrected chi connectivity index (χ4v) is 3.14. The van der Waals surface area contributed by atoms with Crippen LogP contribution in [0.25, 0.3) is 0 Å². The van der Waals surface area contributed by atoms with Gasteiger partial charge in [-0.05, 0) is 42.0 Å². The van der Waals surface area contributed by atoms with Crippen molar-refractivity contribution in [2.45, 2.75) is 13.3 Å². The van der Waals surface area contributed by atoms with E-state index >= 15 is 0 Å². The van der Waals surface area contributed by atoms with Crippen molar-refractivity contribution < 1.29 is 13.9 Å². The number of amides is 1. The number of nitrogens with one attached hydrogen (secondary N) is 1. The van der Waals surface area contributed by atoms with E-state index < -0.39 is 0 Å². The van der Waals surface area contributed by atoms with Crippen LogP contribution in [0.1, 0.15) is 27.7 Å². The van der Waals surface area contributed by atoms with Crippen molar-refractivity contribution in [2.75, 3.05) is 36.5 Å². The number of hydrogen-bond acceptors (Lipinski definition) is 6. The molecule has 0 radical (unpaired) electrons. The molecule has 7 heteroatoms. The second-order valence-corrected chi connectivity index (χ2v) is 6.69. The average molecular weight is 378 g/mol. The highest BCUT2D eigenvalue weighted by atomic mass is 16.5. The van der Waals surface area contributed by atoms with Crippen molar-refractivity contribution in [3.63, 3.8) is 0 Å². The van der Waals surface area contributed by atoms with Crippen molar-refractivity contribution in [1.82, 2.24) is 10.2 Å². The third kappa shape index (κ3) is 4.37. The number of hydrogen-bond donors (Lipinski definition) is 1. The summed E-state index contributed by atoms with van der Waals surface area (Å²) in [6.07, 6.45) is 0.568. The normalized spacial score (nSPS) is 14.1. The van der Waals surface area contributed by atoms with Crippen LogP contribution < -0.4 is 10.2 Å². The molecular formula is C21H22N4O3. The first-order valence-corrected chi connectivity index (χ1v) is 9.29. The van der Waals surface area contributed by atoms with Crippen molar-refractivity contribution in [3.05, 3.63) is 71.4 Å². The summed E-state index contributed by atoms with van der Waals surface area (Å²) in [7, 11) is 0. The van der Waals surface area contributed by atoms with E-state index in [0.717, 1.165) is 43.2 Å². The molecule has 1 aliphatic rings.